The van der Waals surface area contributed by atoms with Crippen LogP contribution in [0.3, 0.4) is 0 Å². The molecule has 0 heteroatoms. The standard InChI is InChI=1S/C22H36/c1-19(2,3)15-13-17-18(14-16(15)20(4,5)6)22(9,10)12-11-21(17,7)8/h13-14H,11-12H2,1-10H3. The van der Waals surface area contributed by atoms with Crippen molar-refractivity contribution in [1.29, 1.82) is 0 Å². The second-order valence-corrected chi connectivity index (χ2v) is 10.7. The van der Waals surface area contributed by atoms with E-state index in [4.69, 9.17) is 0 Å². The van der Waals surface area contributed by atoms with Gasteiger partial charge in [0, 0.05) is 0 Å². The van der Waals surface area contributed by atoms with E-state index < -0.39 is 0 Å². The van der Waals surface area contributed by atoms with E-state index in [-0.39, 0.29) is 10.8 Å². The summed E-state index contributed by atoms with van der Waals surface area (Å²) in [7, 11) is 0. The van der Waals surface area contributed by atoms with Crippen LogP contribution in [0.5, 0.6) is 0 Å². The SMILES string of the molecule is CC(C)(C)c1cc2c(cc1C(C)(C)C)C(C)(C)CCC2(C)C. The Morgan fingerprint density at radius 1 is 0.636 bits per heavy atom. The van der Waals surface area contributed by atoms with Crippen molar-refractivity contribution in [2.75, 3.05) is 0 Å². The van der Waals surface area contributed by atoms with E-state index >= 15 is 0 Å². The summed E-state index contributed by atoms with van der Waals surface area (Å²) in [4.78, 5) is 0. The van der Waals surface area contributed by atoms with Gasteiger partial charge in [-0.25, -0.2) is 0 Å². The van der Waals surface area contributed by atoms with Gasteiger partial charge in [0.25, 0.3) is 0 Å². The van der Waals surface area contributed by atoms with Crippen LogP contribution in [-0.4, -0.2) is 0 Å². The van der Waals surface area contributed by atoms with Crippen LogP contribution in [0.15, 0.2) is 12.1 Å². The first-order valence-electron chi connectivity index (χ1n) is 8.86. The fourth-order valence-electron chi connectivity index (χ4n) is 3.85. The average Bonchev–Trinajstić information content (AvgIpc) is 2.31. The smallest absolute Gasteiger partial charge is 0.0100 e. The zero-order chi connectivity index (χ0) is 17.1. The Morgan fingerprint density at radius 3 is 1.14 bits per heavy atom. The second kappa shape index (κ2) is 4.86. The van der Waals surface area contributed by atoms with Gasteiger partial charge in [-0.05, 0) is 56.8 Å². The summed E-state index contributed by atoms with van der Waals surface area (Å²) in [6.45, 7) is 23.8. The number of rotatable bonds is 0. The van der Waals surface area contributed by atoms with Crippen molar-refractivity contribution in [3.05, 3.63) is 34.4 Å². The first kappa shape index (κ1) is 17.6. The summed E-state index contributed by atoms with van der Waals surface area (Å²) in [5.41, 5.74) is 7.20. The Hall–Kier alpha value is -0.780. The lowest BCUT2D eigenvalue weighted by atomic mass is 9.60. The Labute approximate surface area is 138 Å². The minimum absolute atomic E-state index is 0.190. The third-order valence-corrected chi connectivity index (χ3v) is 5.61. The molecule has 2 rings (SSSR count). The van der Waals surface area contributed by atoms with Gasteiger partial charge >= 0.3 is 0 Å². The third-order valence-electron chi connectivity index (χ3n) is 5.61. The van der Waals surface area contributed by atoms with Gasteiger partial charge in [0.05, 0.1) is 0 Å². The Kier molecular flexibility index (Phi) is 3.88. The van der Waals surface area contributed by atoms with Crippen LogP contribution < -0.4 is 0 Å². The Bertz CT molecular complexity index is 507. The summed E-state index contributed by atoms with van der Waals surface area (Å²) in [5, 5.41) is 0. The lowest BCUT2D eigenvalue weighted by molar-refractivity contribution is 0.329. The van der Waals surface area contributed by atoms with Crippen molar-refractivity contribution in [3.63, 3.8) is 0 Å². The highest BCUT2D eigenvalue weighted by Gasteiger charge is 2.39. The highest BCUT2D eigenvalue weighted by Crippen LogP contribution is 2.49. The maximum Gasteiger partial charge on any atom is -0.0100 e. The van der Waals surface area contributed by atoms with Gasteiger partial charge in [0.15, 0.2) is 0 Å². The number of hydrogen-bond acceptors (Lipinski definition) is 0. The van der Waals surface area contributed by atoms with Crippen molar-refractivity contribution in [3.8, 4) is 0 Å². The summed E-state index contributed by atoms with van der Waals surface area (Å²) in [5.74, 6) is 0. The molecular formula is C22H36. The average molecular weight is 301 g/mol. The van der Waals surface area contributed by atoms with E-state index in [1.165, 1.54) is 24.0 Å². The fraction of sp³-hybridized carbons (Fsp3) is 0.727. The van der Waals surface area contributed by atoms with Crippen LogP contribution in [0.4, 0.5) is 0 Å². The molecule has 0 nitrogen and oxygen atoms in total. The molecule has 1 aromatic carbocycles. The minimum Gasteiger partial charge on any atom is -0.0561 e. The lowest BCUT2D eigenvalue weighted by Gasteiger charge is -2.44. The molecule has 1 aliphatic carbocycles. The molecular weight excluding hydrogens is 264 g/mol. The minimum atomic E-state index is 0.190. The summed E-state index contributed by atoms with van der Waals surface area (Å²) in [6, 6.07) is 5.10. The van der Waals surface area contributed by atoms with Gasteiger partial charge < -0.3 is 0 Å². The zero-order valence-electron chi connectivity index (χ0n) is 16.6. The van der Waals surface area contributed by atoms with E-state index in [0.29, 0.717) is 10.8 Å². The third kappa shape index (κ3) is 2.99. The monoisotopic (exact) mass is 300 g/mol. The van der Waals surface area contributed by atoms with Crippen LogP contribution in [-0.2, 0) is 21.7 Å². The van der Waals surface area contributed by atoms with Crippen molar-refractivity contribution in [2.45, 2.75) is 104 Å². The topological polar surface area (TPSA) is 0 Å². The second-order valence-electron chi connectivity index (χ2n) is 10.7. The number of benzene rings is 1. The predicted octanol–water partition coefficient (Wildman–Crippen LogP) is 6.63. The molecule has 124 valence electrons. The molecule has 22 heavy (non-hydrogen) atoms. The van der Waals surface area contributed by atoms with E-state index in [0.717, 1.165) is 0 Å². The first-order valence-corrected chi connectivity index (χ1v) is 8.86. The molecule has 1 aromatic rings. The molecule has 0 spiro atoms. The Balaban J connectivity index is 2.85. The molecule has 0 radical (unpaired) electrons. The van der Waals surface area contributed by atoms with Gasteiger partial charge in [0.2, 0.25) is 0 Å². The largest absolute Gasteiger partial charge is 0.0561 e. The highest BCUT2D eigenvalue weighted by molar-refractivity contribution is 5.51. The van der Waals surface area contributed by atoms with Crippen molar-refractivity contribution < 1.29 is 0 Å². The molecule has 0 unspecified atom stereocenters. The summed E-state index contributed by atoms with van der Waals surface area (Å²) in [6.07, 6.45) is 2.57. The Morgan fingerprint density at radius 2 is 0.909 bits per heavy atom. The summed E-state index contributed by atoms with van der Waals surface area (Å²) >= 11 is 0. The fourth-order valence-corrected chi connectivity index (χ4v) is 3.85. The molecule has 0 aliphatic heterocycles. The van der Waals surface area contributed by atoms with E-state index in [9.17, 15) is 0 Å². The van der Waals surface area contributed by atoms with E-state index in [2.05, 4.69) is 81.4 Å². The van der Waals surface area contributed by atoms with Gasteiger partial charge in [-0.3, -0.25) is 0 Å². The quantitative estimate of drug-likeness (QED) is 0.504. The van der Waals surface area contributed by atoms with Crippen molar-refractivity contribution >= 4 is 0 Å². The van der Waals surface area contributed by atoms with Crippen LogP contribution in [0.1, 0.15) is 104 Å². The van der Waals surface area contributed by atoms with Crippen LogP contribution >= 0.6 is 0 Å². The molecule has 0 saturated heterocycles. The molecule has 0 bridgehead atoms. The van der Waals surface area contributed by atoms with E-state index in [1.54, 1.807) is 11.1 Å². The first-order chi connectivity index (χ1) is 9.66. The van der Waals surface area contributed by atoms with Crippen LogP contribution in [0.2, 0.25) is 0 Å². The van der Waals surface area contributed by atoms with Gasteiger partial charge in [-0.15, -0.1) is 0 Å². The van der Waals surface area contributed by atoms with E-state index in [1.807, 2.05) is 0 Å². The van der Waals surface area contributed by atoms with Crippen molar-refractivity contribution in [2.24, 2.45) is 0 Å². The zero-order valence-corrected chi connectivity index (χ0v) is 16.6. The molecule has 0 atom stereocenters. The number of fused-ring (bicyclic) bond motifs is 1. The number of hydrogen-bond donors (Lipinski definition) is 0. The molecule has 1 aliphatic rings. The predicted molar refractivity (Wildman–Crippen MR) is 99.1 cm³/mol. The normalized spacial score (nSPS) is 20.6. The maximum atomic E-state index is 2.55. The maximum absolute atomic E-state index is 2.55. The lowest BCUT2D eigenvalue weighted by Crippen LogP contribution is -2.35. The van der Waals surface area contributed by atoms with Crippen LogP contribution in [0.25, 0.3) is 0 Å². The van der Waals surface area contributed by atoms with Gasteiger partial charge in [-0.2, -0.15) is 0 Å². The highest BCUT2D eigenvalue weighted by atomic mass is 14.4. The molecule has 0 fully saturated rings. The molecule has 0 heterocycles. The molecule has 0 N–H and O–H groups in total. The molecule has 0 amide bonds. The van der Waals surface area contributed by atoms with Crippen LogP contribution in [0, 0.1) is 0 Å². The molecule has 0 aromatic heterocycles. The van der Waals surface area contributed by atoms with Gasteiger partial charge in [-0.1, -0.05) is 81.4 Å². The molecule has 0 saturated carbocycles. The van der Waals surface area contributed by atoms with Crippen molar-refractivity contribution in [1.82, 2.24) is 0 Å². The summed E-state index contributed by atoms with van der Waals surface area (Å²) < 4.78 is 0. The van der Waals surface area contributed by atoms with Gasteiger partial charge in [0.1, 0.15) is 0 Å².